The maximum Gasteiger partial charge on any atom is 0.267 e. The van der Waals surface area contributed by atoms with E-state index in [0.717, 1.165) is 27.3 Å². The number of nitrogens with zero attached hydrogens (tertiary/aromatic N) is 3. The van der Waals surface area contributed by atoms with Crippen LogP contribution in [0.25, 0.3) is 15.9 Å². The third-order valence-corrected chi connectivity index (χ3v) is 7.17. The number of benzene rings is 1. The van der Waals surface area contributed by atoms with Gasteiger partial charge in [-0.3, -0.25) is 14.2 Å². The van der Waals surface area contributed by atoms with Crippen LogP contribution >= 0.6 is 23.1 Å². The fourth-order valence-electron chi connectivity index (χ4n) is 3.45. The Kier molecular flexibility index (Phi) is 7.18. The standard InChI is InChI=1S/C24H27N3O2S2/c1-7-11-26(12-8-2)20(28)14-30-24-25-22-21(17(5)18(6)31-22)23(29)27(24)19-10-9-15(3)13-16(19)4/h7-10,13H,1-2,11-12,14H2,3-6H3. The van der Waals surface area contributed by atoms with E-state index in [1.807, 2.05) is 45.9 Å². The first kappa shape index (κ1) is 23.0. The molecule has 2 heterocycles. The summed E-state index contributed by atoms with van der Waals surface area (Å²) in [5, 5.41) is 1.18. The Bertz CT molecular complexity index is 1210. The van der Waals surface area contributed by atoms with Gasteiger partial charge in [-0.1, -0.05) is 41.6 Å². The number of thioether (sulfide) groups is 1. The number of fused-ring (bicyclic) bond motifs is 1. The Morgan fingerprint density at radius 3 is 2.48 bits per heavy atom. The van der Waals surface area contributed by atoms with Crippen molar-refractivity contribution in [3.05, 3.63) is 75.4 Å². The van der Waals surface area contributed by atoms with Crippen LogP contribution in [0.3, 0.4) is 0 Å². The minimum atomic E-state index is -0.0946. The van der Waals surface area contributed by atoms with Gasteiger partial charge in [0.25, 0.3) is 5.56 Å². The molecule has 7 heteroatoms. The van der Waals surface area contributed by atoms with Gasteiger partial charge in [-0.2, -0.15) is 0 Å². The van der Waals surface area contributed by atoms with Gasteiger partial charge >= 0.3 is 0 Å². The second-order valence-corrected chi connectivity index (χ2v) is 9.60. The van der Waals surface area contributed by atoms with Crippen LogP contribution in [0, 0.1) is 27.7 Å². The summed E-state index contributed by atoms with van der Waals surface area (Å²) in [6, 6.07) is 5.98. The monoisotopic (exact) mass is 453 g/mol. The van der Waals surface area contributed by atoms with E-state index < -0.39 is 0 Å². The molecule has 1 aromatic carbocycles. The van der Waals surface area contributed by atoms with Crippen molar-refractivity contribution < 1.29 is 4.79 Å². The Labute approximate surface area is 191 Å². The molecular formula is C24H27N3O2S2. The third kappa shape index (κ3) is 4.67. The molecule has 3 rings (SSSR count). The van der Waals surface area contributed by atoms with Crippen LogP contribution in [0.2, 0.25) is 0 Å². The van der Waals surface area contributed by atoms with Crippen molar-refractivity contribution in [2.75, 3.05) is 18.8 Å². The Hall–Kier alpha value is -2.64. The molecule has 162 valence electrons. The lowest BCUT2D eigenvalue weighted by Crippen LogP contribution is -2.33. The highest BCUT2D eigenvalue weighted by Crippen LogP contribution is 2.30. The summed E-state index contributed by atoms with van der Waals surface area (Å²) in [7, 11) is 0. The van der Waals surface area contributed by atoms with E-state index in [-0.39, 0.29) is 17.2 Å². The maximum atomic E-state index is 13.6. The van der Waals surface area contributed by atoms with Crippen LogP contribution in [-0.4, -0.2) is 39.2 Å². The van der Waals surface area contributed by atoms with E-state index in [1.54, 1.807) is 21.6 Å². The predicted molar refractivity (Wildman–Crippen MR) is 132 cm³/mol. The lowest BCUT2D eigenvalue weighted by molar-refractivity contribution is -0.127. The second-order valence-electron chi connectivity index (χ2n) is 7.45. The van der Waals surface area contributed by atoms with E-state index in [1.165, 1.54) is 23.1 Å². The van der Waals surface area contributed by atoms with Crippen molar-refractivity contribution in [3.8, 4) is 5.69 Å². The zero-order chi connectivity index (χ0) is 22.7. The molecule has 0 fully saturated rings. The van der Waals surface area contributed by atoms with Crippen molar-refractivity contribution in [1.29, 1.82) is 0 Å². The normalized spacial score (nSPS) is 11.0. The molecule has 0 spiro atoms. The van der Waals surface area contributed by atoms with E-state index >= 15 is 0 Å². The minimum Gasteiger partial charge on any atom is -0.335 e. The zero-order valence-corrected chi connectivity index (χ0v) is 20.0. The number of rotatable bonds is 8. The molecule has 0 aliphatic carbocycles. The summed E-state index contributed by atoms with van der Waals surface area (Å²) < 4.78 is 1.65. The Morgan fingerprint density at radius 1 is 1.19 bits per heavy atom. The molecule has 0 saturated heterocycles. The summed E-state index contributed by atoms with van der Waals surface area (Å²) in [4.78, 5) is 34.6. The molecule has 0 atom stereocenters. The first-order valence-corrected chi connectivity index (χ1v) is 11.8. The number of thiophene rings is 1. The Morgan fingerprint density at radius 2 is 1.87 bits per heavy atom. The highest BCUT2D eigenvalue weighted by atomic mass is 32.2. The topological polar surface area (TPSA) is 55.2 Å². The van der Waals surface area contributed by atoms with E-state index in [0.29, 0.717) is 28.5 Å². The van der Waals surface area contributed by atoms with Gasteiger partial charge in [-0.05, 0) is 44.9 Å². The summed E-state index contributed by atoms with van der Waals surface area (Å²) in [6.45, 7) is 16.3. The van der Waals surface area contributed by atoms with Gasteiger partial charge in [-0.15, -0.1) is 24.5 Å². The number of carbonyl (C=O) groups excluding carboxylic acids is 1. The van der Waals surface area contributed by atoms with Crippen molar-refractivity contribution in [1.82, 2.24) is 14.5 Å². The molecule has 2 aromatic heterocycles. The van der Waals surface area contributed by atoms with Crippen molar-refractivity contribution in [2.24, 2.45) is 0 Å². The zero-order valence-electron chi connectivity index (χ0n) is 18.4. The summed E-state index contributed by atoms with van der Waals surface area (Å²) in [5.41, 5.74) is 3.77. The number of amides is 1. The smallest absolute Gasteiger partial charge is 0.267 e. The third-order valence-electron chi connectivity index (χ3n) is 5.14. The predicted octanol–water partition coefficient (Wildman–Crippen LogP) is 4.97. The van der Waals surface area contributed by atoms with Gasteiger partial charge in [0.15, 0.2) is 5.16 Å². The first-order valence-electron chi connectivity index (χ1n) is 10.0. The summed E-state index contributed by atoms with van der Waals surface area (Å²) in [5.74, 6) is 0.123. The highest BCUT2D eigenvalue weighted by molar-refractivity contribution is 7.99. The fourth-order valence-corrected chi connectivity index (χ4v) is 5.43. The molecule has 0 aliphatic heterocycles. The Balaban J connectivity index is 2.11. The quantitative estimate of drug-likeness (QED) is 0.274. The number of hydrogen-bond acceptors (Lipinski definition) is 5. The number of aryl methyl sites for hydroxylation is 4. The number of hydrogen-bond donors (Lipinski definition) is 0. The van der Waals surface area contributed by atoms with Crippen LogP contribution < -0.4 is 5.56 Å². The molecule has 0 bridgehead atoms. The minimum absolute atomic E-state index is 0.0511. The molecular weight excluding hydrogens is 426 g/mol. The van der Waals surface area contributed by atoms with Gasteiger partial charge in [0.05, 0.1) is 16.8 Å². The van der Waals surface area contributed by atoms with Crippen molar-refractivity contribution in [3.63, 3.8) is 0 Å². The lowest BCUT2D eigenvalue weighted by Gasteiger charge is -2.19. The summed E-state index contributed by atoms with van der Waals surface area (Å²) in [6.07, 6.45) is 3.39. The van der Waals surface area contributed by atoms with Gasteiger partial charge in [0.1, 0.15) is 4.83 Å². The SMILES string of the molecule is C=CCN(CC=C)C(=O)CSc1nc2sc(C)c(C)c2c(=O)n1-c1ccc(C)cc1C. The highest BCUT2D eigenvalue weighted by Gasteiger charge is 2.20. The molecule has 0 unspecified atom stereocenters. The van der Waals surface area contributed by atoms with Crippen molar-refractivity contribution >= 4 is 39.2 Å². The first-order chi connectivity index (χ1) is 14.8. The van der Waals surface area contributed by atoms with Crippen LogP contribution in [0.5, 0.6) is 0 Å². The van der Waals surface area contributed by atoms with Gasteiger partial charge in [-0.25, -0.2) is 4.98 Å². The largest absolute Gasteiger partial charge is 0.335 e. The number of aromatic nitrogens is 2. The van der Waals surface area contributed by atoms with E-state index in [4.69, 9.17) is 4.98 Å². The van der Waals surface area contributed by atoms with Crippen LogP contribution in [-0.2, 0) is 4.79 Å². The fraction of sp³-hybridized carbons (Fsp3) is 0.292. The van der Waals surface area contributed by atoms with Gasteiger partial charge < -0.3 is 4.90 Å². The van der Waals surface area contributed by atoms with E-state index in [9.17, 15) is 9.59 Å². The average Bonchev–Trinajstić information content (AvgIpc) is 3.00. The summed E-state index contributed by atoms with van der Waals surface area (Å²) >= 11 is 2.80. The molecule has 31 heavy (non-hydrogen) atoms. The molecule has 0 N–H and O–H groups in total. The average molecular weight is 454 g/mol. The molecule has 3 aromatic rings. The lowest BCUT2D eigenvalue weighted by atomic mass is 10.1. The van der Waals surface area contributed by atoms with Crippen LogP contribution in [0.4, 0.5) is 0 Å². The van der Waals surface area contributed by atoms with E-state index in [2.05, 4.69) is 13.2 Å². The van der Waals surface area contributed by atoms with Crippen LogP contribution in [0.15, 0.2) is 53.5 Å². The van der Waals surface area contributed by atoms with Crippen LogP contribution in [0.1, 0.15) is 21.6 Å². The maximum absolute atomic E-state index is 13.6. The molecule has 0 radical (unpaired) electrons. The van der Waals surface area contributed by atoms with Crippen molar-refractivity contribution in [2.45, 2.75) is 32.9 Å². The van der Waals surface area contributed by atoms with Gasteiger partial charge in [0, 0.05) is 18.0 Å². The molecule has 0 saturated carbocycles. The molecule has 1 amide bonds. The molecule has 5 nitrogen and oxygen atoms in total. The second kappa shape index (κ2) is 9.66. The number of carbonyl (C=O) groups is 1. The molecule has 0 aliphatic rings. The van der Waals surface area contributed by atoms with Gasteiger partial charge in [0.2, 0.25) is 5.91 Å².